The number of anilines is 3. The van der Waals surface area contributed by atoms with E-state index in [0.29, 0.717) is 29.0 Å². The zero-order valence-electron chi connectivity index (χ0n) is 53.8. The smallest absolute Gasteiger partial charge is 0.480 e. The first kappa shape index (κ1) is 73.1. The third-order valence-corrected chi connectivity index (χ3v) is 14.0. The van der Waals surface area contributed by atoms with Gasteiger partial charge in [0.15, 0.2) is 0 Å². The van der Waals surface area contributed by atoms with E-state index in [4.69, 9.17) is 53.9 Å². The van der Waals surface area contributed by atoms with Gasteiger partial charge in [0.2, 0.25) is 17.6 Å². The van der Waals surface area contributed by atoms with Gasteiger partial charge in [0.05, 0.1) is 89.1 Å². The summed E-state index contributed by atoms with van der Waals surface area (Å²) in [5, 5.41) is 31.4. The Balaban J connectivity index is 0.000000212. The summed E-state index contributed by atoms with van der Waals surface area (Å²) in [6, 6.07) is 24.8. The van der Waals surface area contributed by atoms with Gasteiger partial charge < -0.3 is 69.5 Å². The van der Waals surface area contributed by atoms with Gasteiger partial charge in [0.1, 0.15) is 28.7 Å². The van der Waals surface area contributed by atoms with Crippen LogP contribution >= 0.6 is 15.9 Å². The Labute approximate surface area is 562 Å². The summed E-state index contributed by atoms with van der Waals surface area (Å²) in [4.78, 5) is 48.3. The third-order valence-electron chi connectivity index (χ3n) is 13.5. The average molecular weight is 1330 g/mol. The molecule has 11 aromatic rings. The number of pyridine rings is 7. The summed E-state index contributed by atoms with van der Waals surface area (Å²) in [5.74, 6) is 4.56. The largest absolute Gasteiger partial charge is 1.00 e. The molecule has 0 bridgehead atoms. The number of aromatic nitrogens is 11. The molecule has 0 unspecified atom stereocenters. The molecule has 476 valence electrons. The van der Waals surface area contributed by atoms with Gasteiger partial charge in [-0.3, -0.25) is 19.7 Å². The van der Waals surface area contributed by atoms with Crippen molar-refractivity contribution in [2.24, 2.45) is 11.1 Å². The molecular weight excluding hydrogens is 1260 g/mol. The van der Waals surface area contributed by atoms with Gasteiger partial charge >= 0.3 is 29.6 Å². The van der Waals surface area contributed by atoms with Gasteiger partial charge in [0.25, 0.3) is 5.56 Å². The van der Waals surface area contributed by atoms with Crippen molar-refractivity contribution in [1.82, 2.24) is 55.5 Å². The molecule has 26 nitrogen and oxygen atoms in total. The van der Waals surface area contributed by atoms with Gasteiger partial charge in [0, 0.05) is 93.9 Å². The number of ether oxygens (including phenoxy) is 3. The van der Waals surface area contributed by atoms with Crippen LogP contribution in [0.4, 0.5) is 17.1 Å². The second-order valence-corrected chi connectivity index (χ2v) is 21.0. The fourth-order valence-corrected chi connectivity index (χ4v) is 9.69. The molecule has 92 heavy (non-hydrogen) atoms. The maximum absolute atomic E-state index is 12.1. The van der Waals surface area contributed by atoms with Crippen molar-refractivity contribution in [1.29, 1.82) is 0 Å². The number of aromatic amines is 1. The van der Waals surface area contributed by atoms with Crippen LogP contribution in [0.3, 0.4) is 0 Å². The van der Waals surface area contributed by atoms with Crippen LogP contribution in [0.2, 0.25) is 0 Å². The van der Waals surface area contributed by atoms with E-state index in [1.165, 1.54) is 7.11 Å². The molecule has 0 aliphatic carbocycles. The van der Waals surface area contributed by atoms with Gasteiger partial charge in [-0.05, 0) is 153 Å². The van der Waals surface area contributed by atoms with Gasteiger partial charge in [-0.1, -0.05) is 38.8 Å². The van der Waals surface area contributed by atoms with Gasteiger partial charge in [-0.15, -0.1) is 5.34 Å². The van der Waals surface area contributed by atoms with Crippen LogP contribution in [-0.4, -0.2) is 76.8 Å². The van der Waals surface area contributed by atoms with Crippen LogP contribution < -0.4 is 71.4 Å². The second kappa shape index (κ2) is 35.7. The van der Waals surface area contributed by atoms with E-state index in [2.05, 4.69) is 82.1 Å². The van der Waals surface area contributed by atoms with E-state index < -0.39 is 0 Å². The van der Waals surface area contributed by atoms with E-state index >= 15 is 0 Å². The van der Waals surface area contributed by atoms with E-state index in [-0.39, 0.29) is 53.2 Å². The van der Waals surface area contributed by atoms with E-state index in [0.717, 1.165) is 123 Å². The Kier molecular flexibility index (Phi) is 28.3. The number of hydrogen-bond donors (Lipinski definition) is 5. The van der Waals surface area contributed by atoms with Gasteiger partial charge in [-0.2, -0.15) is 0 Å². The average Bonchev–Trinajstić information content (AvgIpc) is 1.65. The van der Waals surface area contributed by atoms with Crippen LogP contribution in [0.25, 0.3) is 44.5 Å². The molecule has 28 heteroatoms. The number of hydrogen-bond acceptors (Lipinski definition) is 25. The molecule has 0 spiro atoms. The molecule has 0 amide bonds. The second-order valence-electron chi connectivity index (χ2n) is 20.1. The van der Waals surface area contributed by atoms with Gasteiger partial charge in [-0.25, -0.2) is 15.0 Å². The number of nitrogen functional groups attached to an aromatic ring is 1. The number of H-pyrrole nitrogens is 1. The van der Waals surface area contributed by atoms with Crippen molar-refractivity contribution in [2.45, 2.75) is 94.3 Å². The van der Waals surface area contributed by atoms with Crippen LogP contribution in [0.15, 0.2) is 155 Å². The molecule has 0 aromatic carbocycles. The van der Waals surface area contributed by atoms with E-state index in [1.54, 1.807) is 63.7 Å². The fourth-order valence-electron chi connectivity index (χ4n) is 9.18. The van der Waals surface area contributed by atoms with Crippen LogP contribution in [0, 0.1) is 65.5 Å². The summed E-state index contributed by atoms with van der Waals surface area (Å²) >= 11 is 3.40. The molecule has 0 radical (unpaired) electrons. The van der Waals surface area contributed by atoms with Crippen molar-refractivity contribution in [3.8, 4) is 62.1 Å². The minimum Gasteiger partial charge on any atom is -0.480 e. The van der Waals surface area contributed by atoms with Crippen LogP contribution in [0.1, 0.15) is 102 Å². The molecule has 0 aliphatic rings. The Morgan fingerprint density at radius 2 is 0.891 bits per heavy atom. The molecule has 11 aromatic heterocycles. The zero-order valence-corrected chi connectivity index (χ0v) is 57.4. The molecule has 3 atom stereocenters. The third kappa shape index (κ3) is 19.7. The number of methoxy groups -OCH3 is 3. The molecule has 0 fully saturated rings. The number of nitrogens with two attached hydrogens (primary N) is 2. The Bertz CT molecular complexity index is 3970. The Morgan fingerprint density at radius 3 is 1.24 bits per heavy atom. The summed E-state index contributed by atoms with van der Waals surface area (Å²) in [5.41, 5.74) is 26.4. The number of rotatable bonds is 14. The number of nitrogens with zero attached hydrogens (tertiary/aromatic N) is 11. The minimum absolute atomic E-state index is 0. The maximum Gasteiger partial charge on any atom is 1.00 e. The molecule has 11 heterocycles. The quantitative estimate of drug-likeness (QED) is 0.0383. The molecule has 7 N–H and O–H groups in total. The fraction of sp³-hybridized carbons (Fsp3) is 0.266. The van der Waals surface area contributed by atoms with Crippen molar-refractivity contribution < 1.29 is 61.9 Å². The molecule has 11 rings (SSSR count). The van der Waals surface area contributed by atoms with Crippen molar-refractivity contribution in [2.75, 3.05) is 37.7 Å². The first-order chi connectivity index (χ1) is 43.6. The first-order valence-electron chi connectivity index (χ1n) is 28.1. The topological polar surface area (TPSA) is 371 Å². The molecule has 0 saturated heterocycles. The predicted octanol–water partition coefficient (Wildman–Crippen LogP) is 10.6. The van der Waals surface area contributed by atoms with E-state index in [9.17, 15) is 4.79 Å². The van der Waals surface area contributed by atoms with E-state index in [1.807, 2.05) is 149 Å². The molecule has 0 aliphatic heterocycles. The maximum atomic E-state index is 12.1. The zero-order chi connectivity index (χ0) is 66.3. The van der Waals surface area contributed by atoms with Crippen LogP contribution in [-0.2, 0) is 0 Å². The number of nitrogens with one attached hydrogen (secondary N) is 3. The van der Waals surface area contributed by atoms with Crippen LogP contribution in [0.5, 0.6) is 17.6 Å². The number of aryl methyl sites for hydroxylation is 8. The first-order valence-corrected chi connectivity index (χ1v) is 28.9. The van der Waals surface area contributed by atoms with Crippen molar-refractivity contribution >= 4 is 33.0 Å². The summed E-state index contributed by atoms with van der Waals surface area (Å²) in [6.45, 7) is 21.0. The summed E-state index contributed by atoms with van der Waals surface area (Å²) < 4.78 is 37.0. The number of halogens is 1. The SMILES string of the molecule is COc1ncc(-c2c(C)noc2C)cc1Br.COc1ncc(-c2c(C)noc2C)cc1N.COc1ncc(-c2c(C)noc2C)cc1N[C@@H](C)c1ccccn1.C[C@H](N)c1ccccn1.Cc1noc(C)c1-c1c[nH]c(=O)c(N[C@@H](C)c2ccccn2)c1.O=N[O-].[Na+]. The van der Waals surface area contributed by atoms with Crippen molar-refractivity contribution in [3.63, 3.8) is 0 Å². The summed E-state index contributed by atoms with van der Waals surface area (Å²) in [7, 11) is 4.73. The normalized spacial score (nSPS) is 11.2. The summed E-state index contributed by atoms with van der Waals surface area (Å²) in [6.07, 6.45) is 12.1. The predicted molar refractivity (Wildman–Crippen MR) is 350 cm³/mol. The standard InChI is InChI=1S/C18H20N4O2.C17H18N4O2.C11H11BrN2O2.C11H13N3O2.C7H10N2.HNO2.Na/c1-11(15-7-5-6-8-19-15)21-16-9-14(10-20-18(16)23-4)17-12(2)22-24-13(17)3;1-10(14-6-4-5-7-18-14)20-15-8-13(9-19-17(15)22)16-11(2)21-23-12(16)3;2*1-6-10(7(2)16-14-6)8-4-9(12)11(15-3)13-5-8;1-6(8)7-4-2-3-5-9-7;2-1-3;/h5-11,21H,1-4H3;4-10,20H,1-3H3,(H,19,22);4-5H,1-3H3;4-5H,12H2,1-3H3;2-6H,8H2,1H3;(H,2,3);/q;;;;;;+1/p-1/t11-;10-;;;6-;;/m00..0../s1. The monoisotopic (exact) mass is 1330 g/mol. The molecular formula is C64H72BrN16NaO10. The Morgan fingerprint density at radius 1 is 0.533 bits per heavy atom. The Hall–Kier alpha value is -9.67. The van der Waals surface area contributed by atoms with Crippen molar-refractivity contribution in [3.05, 3.63) is 210 Å². The minimum atomic E-state index is -0.178. The molecule has 0 saturated carbocycles.